The Balaban J connectivity index is 1.82. The summed E-state index contributed by atoms with van der Waals surface area (Å²) in [5.41, 5.74) is 7.71. The largest absolute Gasteiger partial charge is 0.573 e. The standard InChI is InChI=1S/C22H18ClF3N2O3S/c1-32(29,30)16-9-6-14(7-10-16)12-21(27)28-15-8-11-17(19(23)13-15)18-4-2-3-5-20(18)31-22(24,25)26/h2-11,13H,12H2,1H3,(H2,27,28). The molecule has 0 amide bonds. The van der Waals surface area contributed by atoms with Gasteiger partial charge in [0.1, 0.15) is 11.6 Å². The number of halogens is 4. The van der Waals surface area contributed by atoms with E-state index in [1.807, 2.05) is 0 Å². The van der Waals surface area contributed by atoms with E-state index in [-0.39, 0.29) is 33.5 Å². The topological polar surface area (TPSA) is 81.8 Å². The number of sulfone groups is 1. The average molecular weight is 483 g/mol. The molecule has 10 heteroatoms. The van der Waals surface area contributed by atoms with Crippen molar-refractivity contribution in [3.05, 3.63) is 77.3 Å². The Morgan fingerprint density at radius 1 is 1.03 bits per heavy atom. The fraction of sp³-hybridized carbons (Fsp3) is 0.136. The molecule has 0 heterocycles. The lowest BCUT2D eigenvalue weighted by molar-refractivity contribution is -0.274. The third-order valence-corrected chi connectivity index (χ3v) is 5.81. The molecule has 168 valence electrons. The molecule has 0 fully saturated rings. The molecule has 0 aliphatic heterocycles. The molecular weight excluding hydrogens is 465 g/mol. The minimum Gasteiger partial charge on any atom is -0.405 e. The fourth-order valence-corrected chi connectivity index (χ4v) is 3.87. The summed E-state index contributed by atoms with van der Waals surface area (Å²) < 4.78 is 65.2. The smallest absolute Gasteiger partial charge is 0.405 e. The highest BCUT2D eigenvalue weighted by atomic mass is 35.5. The van der Waals surface area contributed by atoms with Gasteiger partial charge in [-0.05, 0) is 35.9 Å². The average Bonchev–Trinajstić information content (AvgIpc) is 2.67. The summed E-state index contributed by atoms with van der Waals surface area (Å²) in [6, 6.07) is 16.6. The molecule has 3 aromatic rings. The van der Waals surface area contributed by atoms with Crippen LogP contribution in [-0.4, -0.2) is 26.9 Å². The highest BCUT2D eigenvalue weighted by molar-refractivity contribution is 7.90. The molecule has 0 aliphatic rings. The van der Waals surface area contributed by atoms with Crippen LogP contribution in [0.3, 0.4) is 0 Å². The summed E-state index contributed by atoms with van der Waals surface area (Å²) in [5, 5.41) is 0.176. The molecule has 3 aromatic carbocycles. The molecule has 0 aliphatic carbocycles. The Labute approximate surface area is 188 Å². The summed E-state index contributed by atoms with van der Waals surface area (Å²) in [7, 11) is -3.29. The fourth-order valence-electron chi connectivity index (χ4n) is 2.96. The number of ether oxygens (including phenoxy) is 1. The van der Waals surface area contributed by atoms with Gasteiger partial charge in [0, 0.05) is 23.8 Å². The van der Waals surface area contributed by atoms with Gasteiger partial charge in [-0.25, -0.2) is 13.4 Å². The Kier molecular flexibility index (Phi) is 6.80. The van der Waals surface area contributed by atoms with E-state index in [2.05, 4.69) is 9.73 Å². The van der Waals surface area contributed by atoms with E-state index in [1.54, 1.807) is 24.3 Å². The number of nitrogens with zero attached hydrogens (tertiary/aromatic N) is 1. The minimum atomic E-state index is -4.83. The van der Waals surface area contributed by atoms with Crippen molar-refractivity contribution in [1.29, 1.82) is 0 Å². The van der Waals surface area contributed by atoms with Gasteiger partial charge in [-0.1, -0.05) is 48.0 Å². The maximum absolute atomic E-state index is 12.7. The Morgan fingerprint density at radius 3 is 2.28 bits per heavy atom. The number of alkyl halides is 3. The predicted octanol–water partition coefficient (Wildman–Crippen LogP) is 5.54. The molecular formula is C22H18ClF3N2O3S. The first-order valence-electron chi connectivity index (χ1n) is 9.19. The van der Waals surface area contributed by atoms with E-state index in [9.17, 15) is 21.6 Å². The van der Waals surface area contributed by atoms with E-state index in [1.165, 1.54) is 42.5 Å². The summed E-state index contributed by atoms with van der Waals surface area (Å²) in [5.74, 6) is -0.114. The lowest BCUT2D eigenvalue weighted by atomic mass is 10.0. The van der Waals surface area contributed by atoms with Crippen LogP contribution in [0.5, 0.6) is 5.75 Å². The van der Waals surface area contributed by atoms with Crippen molar-refractivity contribution in [3.63, 3.8) is 0 Å². The molecule has 0 unspecified atom stereocenters. The first-order chi connectivity index (χ1) is 14.9. The molecule has 0 saturated heterocycles. The number of rotatable bonds is 6. The van der Waals surface area contributed by atoms with E-state index < -0.39 is 16.2 Å². The van der Waals surface area contributed by atoms with Crippen LogP contribution in [0.25, 0.3) is 11.1 Å². The molecule has 2 N–H and O–H groups in total. The zero-order valence-corrected chi connectivity index (χ0v) is 18.3. The third kappa shape index (κ3) is 6.24. The Hall–Kier alpha value is -3.04. The van der Waals surface area contributed by atoms with Crippen molar-refractivity contribution >= 4 is 33.0 Å². The van der Waals surface area contributed by atoms with Gasteiger partial charge in [0.2, 0.25) is 0 Å². The van der Waals surface area contributed by atoms with Crippen molar-refractivity contribution in [3.8, 4) is 16.9 Å². The van der Waals surface area contributed by atoms with E-state index in [0.717, 1.165) is 11.8 Å². The van der Waals surface area contributed by atoms with Crippen LogP contribution in [0.2, 0.25) is 5.02 Å². The minimum absolute atomic E-state index is 0.176. The van der Waals surface area contributed by atoms with Gasteiger partial charge < -0.3 is 10.5 Å². The molecule has 0 bridgehead atoms. The number of nitrogens with two attached hydrogens (primary N) is 1. The second-order valence-corrected chi connectivity index (χ2v) is 9.33. The number of hydrogen-bond acceptors (Lipinski definition) is 4. The van der Waals surface area contributed by atoms with E-state index in [0.29, 0.717) is 11.3 Å². The molecule has 32 heavy (non-hydrogen) atoms. The van der Waals surface area contributed by atoms with E-state index >= 15 is 0 Å². The first-order valence-corrected chi connectivity index (χ1v) is 11.5. The van der Waals surface area contributed by atoms with Crippen molar-refractivity contribution in [2.45, 2.75) is 17.7 Å². The number of aliphatic imine (C=N–C) groups is 1. The first kappa shape index (κ1) is 23.6. The quantitative estimate of drug-likeness (QED) is 0.369. The summed E-state index contributed by atoms with van der Waals surface area (Å²) in [4.78, 5) is 4.49. The van der Waals surface area contributed by atoms with Gasteiger partial charge in [0.25, 0.3) is 0 Å². The van der Waals surface area contributed by atoms with Gasteiger partial charge in [0.05, 0.1) is 15.6 Å². The molecule has 5 nitrogen and oxygen atoms in total. The molecule has 0 atom stereocenters. The van der Waals surface area contributed by atoms with E-state index in [4.69, 9.17) is 17.3 Å². The van der Waals surface area contributed by atoms with Crippen LogP contribution in [0.4, 0.5) is 18.9 Å². The lowest BCUT2D eigenvalue weighted by Crippen LogP contribution is -2.17. The summed E-state index contributed by atoms with van der Waals surface area (Å²) in [6.07, 6.45) is -3.44. The van der Waals surface area contributed by atoms with Crippen LogP contribution in [0, 0.1) is 0 Å². The third-order valence-electron chi connectivity index (χ3n) is 4.37. The summed E-state index contributed by atoms with van der Waals surface area (Å²) >= 11 is 6.31. The molecule has 0 aromatic heterocycles. The number of amidine groups is 1. The maximum Gasteiger partial charge on any atom is 0.573 e. The lowest BCUT2D eigenvalue weighted by Gasteiger charge is -2.14. The van der Waals surface area contributed by atoms with Gasteiger partial charge >= 0.3 is 6.36 Å². The maximum atomic E-state index is 12.7. The number of hydrogen-bond donors (Lipinski definition) is 1. The van der Waals surface area contributed by atoms with Crippen LogP contribution in [-0.2, 0) is 16.3 Å². The number of benzene rings is 3. The number of para-hydroxylation sites is 1. The summed E-state index contributed by atoms with van der Waals surface area (Å²) in [6.45, 7) is 0. The van der Waals surface area contributed by atoms with Gasteiger partial charge in [-0.15, -0.1) is 13.2 Å². The van der Waals surface area contributed by atoms with Crippen LogP contribution in [0.1, 0.15) is 5.56 Å². The van der Waals surface area contributed by atoms with Crippen LogP contribution < -0.4 is 10.5 Å². The molecule has 0 saturated carbocycles. The van der Waals surface area contributed by atoms with Gasteiger partial charge in [-0.2, -0.15) is 0 Å². The highest BCUT2D eigenvalue weighted by Crippen LogP contribution is 2.38. The van der Waals surface area contributed by atoms with Crippen LogP contribution >= 0.6 is 11.6 Å². The monoisotopic (exact) mass is 482 g/mol. The zero-order chi connectivity index (χ0) is 23.5. The van der Waals surface area contributed by atoms with Crippen molar-refractivity contribution in [1.82, 2.24) is 0 Å². The van der Waals surface area contributed by atoms with Crippen molar-refractivity contribution in [2.75, 3.05) is 6.26 Å². The van der Waals surface area contributed by atoms with Crippen molar-refractivity contribution < 1.29 is 26.3 Å². The Bertz CT molecular complexity index is 1260. The Morgan fingerprint density at radius 2 is 1.69 bits per heavy atom. The van der Waals surface area contributed by atoms with Crippen molar-refractivity contribution in [2.24, 2.45) is 10.7 Å². The molecule has 3 rings (SSSR count). The zero-order valence-electron chi connectivity index (χ0n) is 16.7. The SMILES string of the molecule is CS(=O)(=O)c1ccc(CC(N)=Nc2ccc(-c3ccccc3OC(F)(F)F)c(Cl)c2)cc1. The highest BCUT2D eigenvalue weighted by Gasteiger charge is 2.32. The molecule has 0 radical (unpaired) electrons. The molecule has 0 spiro atoms. The second kappa shape index (κ2) is 9.22. The second-order valence-electron chi connectivity index (χ2n) is 6.90. The van der Waals surface area contributed by atoms with Crippen LogP contribution in [0.15, 0.2) is 76.6 Å². The van der Waals surface area contributed by atoms with Gasteiger partial charge in [0.15, 0.2) is 9.84 Å². The predicted molar refractivity (Wildman–Crippen MR) is 118 cm³/mol. The normalized spacial score (nSPS) is 12.6. The van der Waals surface area contributed by atoms with Gasteiger partial charge in [-0.3, -0.25) is 0 Å².